The molecule has 2 N–H and O–H groups in total. The Morgan fingerprint density at radius 1 is 1.18 bits per heavy atom. The molecular weight excluding hydrogens is 294 g/mol. The van der Waals surface area contributed by atoms with Gasteiger partial charge in [-0.2, -0.15) is 11.8 Å². The van der Waals surface area contributed by atoms with Gasteiger partial charge in [-0.05, 0) is 26.1 Å². The molecular formula is C16H35N5S. The lowest BCUT2D eigenvalue weighted by atomic mass is 10.0. The van der Waals surface area contributed by atoms with Crippen LogP contribution in [0.2, 0.25) is 0 Å². The Bertz CT molecular complexity index is 314. The number of rotatable bonds is 8. The Kier molecular flexibility index (Phi) is 9.91. The van der Waals surface area contributed by atoms with E-state index < -0.39 is 0 Å². The number of aliphatic imine (C=N–C) groups is 1. The van der Waals surface area contributed by atoms with Gasteiger partial charge in [-0.3, -0.25) is 9.89 Å². The lowest BCUT2D eigenvalue weighted by Crippen LogP contribution is -2.52. The summed E-state index contributed by atoms with van der Waals surface area (Å²) in [6.07, 6.45) is 2.13. The third-order valence-electron chi connectivity index (χ3n) is 4.16. The highest BCUT2D eigenvalue weighted by molar-refractivity contribution is 7.98. The second-order valence-electron chi connectivity index (χ2n) is 6.29. The van der Waals surface area contributed by atoms with Crippen LogP contribution in [0.3, 0.4) is 0 Å². The molecule has 0 aliphatic carbocycles. The van der Waals surface area contributed by atoms with E-state index in [1.54, 1.807) is 0 Å². The zero-order chi connectivity index (χ0) is 16.4. The fourth-order valence-electron chi connectivity index (χ4n) is 2.70. The fraction of sp³-hybridized carbons (Fsp3) is 0.938. The van der Waals surface area contributed by atoms with Gasteiger partial charge in [0.2, 0.25) is 0 Å². The van der Waals surface area contributed by atoms with E-state index in [1.165, 1.54) is 13.1 Å². The first-order valence-electron chi connectivity index (χ1n) is 8.52. The molecule has 1 heterocycles. The fourth-order valence-corrected chi connectivity index (χ4v) is 3.01. The van der Waals surface area contributed by atoms with Crippen LogP contribution in [0.25, 0.3) is 0 Å². The van der Waals surface area contributed by atoms with Crippen molar-refractivity contribution < 1.29 is 0 Å². The van der Waals surface area contributed by atoms with Gasteiger partial charge in [-0.15, -0.1) is 0 Å². The van der Waals surface area contributed by atoms with Gasteiger partial charge >= 0.3 is 0 Å². The summed E-state index contributed by atoms with van der Waals surface area (Å²) < 4.78 is 0. The van der Waals surface area contributed by atoms with Crippen molar-refractivity contribution in [2.75, 3.05) is 64.9 Å². The number of piperazine rings is 1. The zero-order valence-electron chi connectivity index (χ0n) is 15.1. The molecule has 0 amide bonds. The number of hydrogen-bond donors (Lipinski definition) is 2. The van der Waals surface area contributed by atoms with Crippen molar-refractivity contribution in [1.82, 2.24) is 20.4 Å². The Morgan fingerprint density at radius 2 is 1.86 bits per heavy atom. The number of nitrogens with one attached hydrogen (secondary N) is 2. The number of thioether (sulfide) groups is 1. The Balaban J connectivity index is 2.57. The summed E-state index contributed by atoms with van der Waals surface area (Å²) in [6.45, 7) is 14.1. The summed E-state index contributed by atoms with van der Waals surface area (Å²) in [6, 6.07) is 0.532. The molecule has 0 saturated carbocycles. The van der Waals surface area contributed by atoms with Crippen LogP contribution in [0.5, 0.6) is 0 Å². The number of nitrogens with zero attached hydrogens (tertiary/aromatic N) is 3. The lowest BCUT2D eigenvalue weighted by Gasteiger charge is -2.39. The van der Waals surface area contributed by atoms with E-state index >= 15 is 0 Å². The van der Waals surface area contributed by atoms with Crippen LogP contribution >= 0.6 is 11.8 Å². The van der Waals surface area contributed by atoms with Crippen LogP contribution in [0.15, 0.2) is 4.99 Å². The maximum atomic E-state index is 4.83. The smallest absolute Gasteiger partial charge is 0.191 e. The molecule has 0 radical (unpaired) electrons. The number of guanidine groups is 1. The highest BCUT2D eigenvalue weighted by Crippen LogP contribution is 2.13. The van der Waals surface area contributed by atoms with E-state index in [4.69, 9.17) is 4.99 Å². The molecule has 0 aromatic heterocycles. The minimum atomic E-state index is 0.532. The number of likely N-dealkylation sites (N-methyl/N-ethyl adjacent to an activating group) is 1. The van der Waals surface area contributed by atoms with Gasteiger partial charge in [-0.25, -0.2) is 0 Å². The summed E-state index contributed by atoms with van der Waals surface area (Å²) in [5.74, 6) is 2.69. The van der Waals surface area contributed by atoms with Gasteiger partial charge < -0.3 is 15.5 Å². The molecule has 1 saturated heterocycles. The van der Waals surface area contributed by atoms with Crippen molar-refractivity contribution in [3.8, 4) is 0 Å². The summed E-state index contributed by atoms with van der Waals surface area (Å²) in [4.78, 5) is 9.85. The number of hydrogen-bond acceptors (Lipinski definition) is 4. The van der Waals surface area contributed by atoms with Crippen LogP contribution in [-0.4, -0.2) is 86.7 Å². The highest BCUT2D eigenvalue weighted by atomic mass is 32.2. The Labute approximate surface area is 141 Å². The van der Waals surface area contributed by atoms with Crippen LogP contribution in [0, 0.1) is 5.92 Å². The van der Waals surface area contributed by atoms with Crippen LogP contribution in [0.1, 0.15) is 20.8 Å². The normalized spacial score (nSPS) is 19.5. The molecule has 1 fully saturated rings. The summed E-state index contributed by atoms with van der Waals surface area (Å²) in [5, 5.41) is 6.77. The maximum absolute atomic E-state index is 4.83. The third-order valence-corrected chi connectivity index (χ3v) is 4.77. The Hall–Kier alpha value is -0.460. The van der Waals surface area contributed by atoms with Crippen molar-refractivity contribution in [1.29, 1.82) is 0 Å². The zero-order valence-corrected chi connectivity index (χ0v) is 15.9. The molecule has 1 unspecified atom stereocenters. The second-order valence-corrected chi connectivity index (χ2v) is 7.28. The first-order chi connectivity index (χ1) is 10.6. The molecule has 0 aromatic rings. The molecule has 5 nitrogen and oxygen atoms in total. The molecule has 22 heavy (non-hydrogen) atoms. The van der Waals surface area contributed by atoms with E-state index in [0.717, 1.165) is 44.4 Å². The van der Waals surface area contributed by atoms with Crippen LogP contribution in [0.4, 0.5) is 0 Å². The van der Waals surface area contributed by atoms with E-state index in [2.05, 4.69) is 54.5 Å². The van der Waals surface area contributed by atoms with Gasteiger partial charge in [0.05, 0.1) is 6.54 Å². The van der Waals surface area contributed by atoms with Crippen LogP contribution < -0.4 is 10.6 Å². The molecule has 130 valence electrons. The van der Waals surface area contributed by atoms with Crippen molar-refractivity contribution >= 4 is 17.7 Å². The van der Waals surface area contributed by atoms with Gasteiger partial charge in [0.15, 0.2) is 5.96 Å². The van der Waals surface area contributed by atoms with E-state index in [9.17, 15) is 0 Å². The molecule has 1 rings (SSSR count). The quantitative estimate of drug-likeness (QED) is 0.398. The average molecular weight is 330 g/mol. The third kappa shape index (κ3) is 7.20. The van der Waals surface area contributed by atoms with Crippen molar-refractivity contribution in [3.05, 3.63) is 0 Å². The standard InChI is InChI=1S/C16H35N5S/c1-6-17-16(18-7-12-22-5)19-13-15(14(2)3)21-10-8-20(4)9-11-21/h14-15H,6-13H2,1-5H3,(H2,17,18,19). The van der Waals surface area contributed by atoms with Crippen LogP contribution in [-0.2, 0) is 0 Å². The monoisotopic (exact) mass is 329 g/mol. The Morgan fingerprint density at radius 3 is 2.41 bits per heavy atom. The van der Waals surface area contributed by atoms with Crippen molar-refractivity contribution in [2.24, 2.45) is 10.9 Å². The summed E-state index contributed by atoms with van der Waals surface area (Å²) in [5.41, 5.74) is 0. The minimum Gasteiger partial charge on any atom is -0.357 e. The largest absolute Gasteiger partial charge is 0.357 e. The first kappa shape index (κ1) is 19.6. The van der Waals surface area contributed by atoms with Gasteiger partial charge in [0, 0.05) is 51.1 Å². The average Bonchev–Trinajstić information content (AvgIpc) is 2.49. The van der Waals surface area contributed by atoms with E-state index in [0.29, 0.717) is 12.0 Å². The summed E-state index contributed by atoms with van der Waals surface area (Å²) >= 11 is 1.86. The van der Waals surface area contributed by atoms with E-state index in [1.807, 2.05) is 11.8 Å². The molecule has 0 bridgehead atoms. The predicted octanol–water partition coefficient (Wildman–Crippen LogP) is 1.18. The molecule has 1 atom stereocenters. The summed E-state index contributed by atoms with van der Waals surface area (Å²) in [7, 11) is 2.21. The van der Waals surface area contributed by atoms with Crippen molar-refractivity contribution in [2.45, 2.75) is 26.8 Å². The topological polar surface area (TPSA) is 42.9 Å². The van der Waals surface area contributed by atoms with Gasteiger partial charge in [0.1, 0.15) is 0 Å². The highest BCUT2D eigenvalue weighted by Gasteiger charge is 2.24. The van der Waals surface area contributed by atoms with Gasteiger partial charge in [-0.1, -0.05) is 13.8 Å². The lowest BCUT2D eigenvalue weighted by molar-refractivity contribution is 0.0925. The first-order valence-corrected chi connectivity index (χ1v) is 9.91. The van der Waals surface area contributed by atoms with Crippen molar-refractivity contribution in [3.63, 3.8) is 0 Å². The molecule has 0 spiro atoms. The van der Waals surface area contributed by atoms with Gasteiger partial charge in [0.25, 0.3) is 0 Å². The minimum absolute atomic E-state index is 0.532. The second kappa shape index (κ2) is 11.1. The SMILES string of the molecule is CCNC(=NCC(C(C)C)N1CCN(C)CC1)NCCSC. The van der Waals surface area contributed by atoms with E-state index in [-0.39, 0.29) is 0 Å². The predicted molar refractivity (Wildman–Crippen MR) is 100 cm³/mol. The molecule has 1 aliphatic heterocycles. The molecule has 6 heteroatoms. The molecule has 1 aliphatic rings. The maximum Gasteiger partial charge on any atom is 0.191 e. The molecule has 0 aromatic carbocycles.